The fourth-order valence-corrected chi connectivity index (χ4v) is 3.69. The van der Waals surface area contributed by atoms with Crippen molar-refractivity contribution in [2.24, 2.45) is 5.92 Å². The summed E-state index contributed by atoms with van der Waals surface area (Å²) in [6.45, 7) is 3.85. The molecule has 1 aliphatic carbocycles. The Hall–Kier alpha value is -0.780. The van der Waals surface area contributed by atoms with Crippen LogP contribution in [0.1, 0.15) is 25.3 Å². The van der Waals surface area contributed by atoms with Crippen LogP contribution in [0.2, 0.25) is 5.02 Å². The Morgan fingerprint density at radius 3 is 2.50 bits per heavy atom. The van der Waals surface area contributed by atoms with Crippen LogP contribution in [0.4, 0.5) is 5.69 Å². The second kappa shape index (κ2) is 4.72. The van der Waals surface area contributed by atoms with Gasteiger partial charge in [-0.2, -0.15) is 0 Å². The molecule has 0 radical (unpaired) electrons. The molecular weight excluding hydrogens is 272 g/mol. The molecule has 0 atom stereocenters. The highest BCUT2D eigenvalue weighted by atomic mass is 35.5. The molecule has 0 unspecified atom stereocenters. The Bertz CT molecular complexity index is 542. The summed E-state index contributed by atoms with van der Waals surface area (Å²) in [4.78, 5) is 0.182. The van der Waals surface area contributed by atoms with E-state index in [1.54, 1.807) is 13.0 Å². The highest BCUT2D eigenvalue weighted by Gasteiger charge is 2.30. The normalized spacial score (nSPS) is 23.7. The van der Waals surface area contributed by atoms with E-state index in [9.17, 15) is 8.42 Å². The topological polar surface area (TPSA) is 72.2 Å². The first-order valence-corrected chi connectivity index (χ1v) is 7.73. The average Bonchev–Trinajstić information content (AvgIpc) is 2.22. The Balaban J connectivity index is 2.24. The van der Waals surface area contributed by atoms with E-state index >= 15 is 0 Å². The molecule has 0 bridgehead atoms. The quantitative estimate of drug-likeness (QED) is 0.838. The van der Waals surface area contributed by atoms with Crippen molar-refractivity contribution in [1.29, 1.82) is 0 Å². The van der Waals surface area contributed by atoms with Crippen LogP contribution >= 0.6 is 11.6 Å². The lowest BCUT2D eigenvalue weighted by Crippen LogP contribution is -2.43. The molecule has 1 aromatic rings. The number of sulfonamides is 1. The number of nitrogen functional groups attached to an aromatic ring is 1. The Kier molecular flexibility index (Phi) is 3.58. The summed E-state index contributed by atoms with van der Waals surface area (Å²) in [7, 11) is -3.49. The molecule has 0 aromatic heterocycles. The molecule has 0 amide bonds. The Morgan fingerprint density at radius 2 is 2.00 bits per heavy atom. The van der Waals surface area contributed by atoms with Crippen molar-refractivity contribution >= 4 is 27.3 Å². The molecule has 1 aromatic carbocycles. The minimum absolute atomic E-state index is 0.0437. The van der Waals surface area contributed by atoms with Crippen LogP contribution in [0.5, 0.6) is 0 Å². The van der Waals surface area contributed by atoms with Gasteiger partial charge >= 0.3 is 0 Å². The van der Waals surface area contributed by atoms with Crippen molar-refractivity contribution in [1.82, 2.24) is 4.72 Å². The maximum atomic E-state index is 12.1. The molecule has 3 N–H and O–H groups in total. The van der Waals surface area contributed by atoms with E-state index in [1.807, 2.05) is 0 Å². The van der Waals surface area contributed by atoms with Crippen LogP contribution in [0.15, 0.2) is 17.0 Å². The van der Waals surface area contributed by atoms with Gasteiger partial charge in [-0.05, 0) is 43.4 Å². The second-order valence-electron chi connectivity index (χ2n) is 5.04. The lowest BCUT2D eigenvalue weighted by atomic mass is 9.83. The first-order valence-electron chi connectivity index (χ1n) is 5.87. The smallest absolute Gasteiger partial charge is 0.240 e. The third-order valence-electron chi connectivity index (χ3n) is 3.26. The van der Waals surface area contributed by atoms with Gasteiger partial charge in [0, 0.05) is 6.04 Å². The number of nitrogens with one attached hydrogen (secondary N) is 1. The maximum Gasteiger partial charge on any atom is 0.240 e. The summed E-state index contributed by atoms with van der Waals surface area (Å²) in [6, 6.07) is 2.99. The number of benzene rings is 1. The van der Waals surface area contributed by atoms with Gasteiger partial charge in [-0.15, -0.1) is 0 Å². The molecule has 18 heavy (non-hydrogen) atoms. The molecule has 0 heterocycles. The van der Waals surface area contributed by atoms with Gasteiger partial charge in [0.1, 0.15) is 0 Å². The third kappa shape index (κ3) is 2.63. The fourth-order valence-electron chi connectivity index (χ4n) is 2.20. The van der Waals surface area contributed by atoms with Crippen molar-refractivity contribution in [2.45, 2.75) is 37.6 Å². The summed E-state index contributed by atoms with van der Waals surface area (Å²) in [6.07, 6.45) is 1.78. The summed E-state index contributed by atoms with van der Waals surface area (Å²) in [5, 5.41) is 0.409. The molecule has 2 rings (SSSR count). The van der Waals surface area contributed by atoms with Gasteiger partial charge in [0.25, 0.3) is 0 Å². The summed E-state index contributed by atoms with van der Waals surface area (Å²) < 4.78 is 27.0. The first-order chi connectivity index (χ1) is 8.29. The van der Waals surface area contributed by atoms with E-state index in [0.29, 0.717) is 22.2 Å². The zero-order valence-corrected chi connectivity index (χ0v) is 12.0. The summed E-state index contributed by atoms with van der Waals surface area (Å²) in [5.74, 6) is 0.592. The third-order valence-corrected chi connectivity index (χ3v) is 5.28. The van der Waals surface area contributed by atoms with Crippen LogP contribution < -0.4 is 10.5 Å². The minimum Gasteiger partial charge on any atom is -0.397 e. The Morgan fingerprint density at radius 1 is 1.39 bits per heavy atom. The number of hydrogen-bond acceptors (Lipinski definition) is 3. The molecule has 1 saturated carbocycles. The molecular formula is C12H17ClN2O2S. The van der Waals surface area contributed by atoms with Crippen LogP contribution in [-0.4, -0.2) is 14.5 Å². The van der Waals surface area contributed by atoms with Crippen LogP contribution in [0.25, 0.3) is 0 Å². The highest BCUT2D eigenvalue weighted by molar-refractivity contribution is 7.89. The van der Waals surface area contributed by atoms with Gasteiger partial charge in [0.15, 0.2) is 0 Å². The summed E-state index contributed by atoms with van der Waals surface area (Å²) in [5.41, 5.74) is 6.65. The van der Waals surface area contributed by atoms with Gasteiger partial charge in [-0.25, -0.2) is 13.1 Å². The van der Waals surface area contributed by atoms with Crippen molar-refractivity contribution in [3.05, 3.63) is 22.7 Å². The molecule has 6 heteroatoms. The Labute approximate surface area is 113 Å². The van der Waals surface area contributed by atoms with Gasteiger partial charge < -0.3 is 5.73 Å². The molecule has 1 aliphatic rings. The van der Waals surface area contributed by atoms with Crippen molar-refractivity contribution in [2.75, 3.05) is 5.73 Å². The molecule has 4 nitrogen and oxygen atoms in total. The maximum absolute atomic E-state index is 12.1. The van der Waals surface area contributed by atoms with Gasteiger partial charge in [-0.3, -0.25) is 0 Å². The summed E-state index contributed by atoms with van der Waals surface area (Å²) >= 11 is 5.92. The number of hydrogen-bond donors (Lipinski definition) is 2. The SMILES string of the molecule is Cc1cc(S(=O)(=O)NC2CC(C)C2)cc(N)c1Cl. The first kappa shape index (κ1) is 13.6. The van der Waals surface area contributed by atoms with Gasteiger partial charge in [0.05, 0.1) is 15.6 Å². The van der Waals surface area contributed by atoms with Crippen molar-refractivity contribution < 1.29 is 8.42 Å². The second-order valence-corrected chi connectivity index (χ2v) is 7.13. The average molecular weight is 289 g/mol. The zero-order chi connectivity index (χ0) is 13.5. The monoisotopic (exact) mass is 288 g/mol. The van der Waals surface area contributed by atoms with E-state index in [2.05, 4.69) is 11.6 Å². The van der Waals surface area contributed by atoms with Crippen LogP contribution in [0, 0.1) is 12.8 Å². The minimum atomic E-state index is -3.49. The predicted molar refractivity (Wildman–Crippen MR) is 73.1 cm³/mol. The lowest BCUT2D eigenvalue weighted by Gasteiger charge is -2.32. The number of rotatable bonds is 3. The molecule has 0 saturated heterocycles. The van der Waals surface area contributed by atoms with E-state index in [0.717, 1.165) is 12.8 Å². The molecule has 100 valence electrons. The van der Waals surface area contributed by atoms with E-state index < -0.39 is 10.0 Å². The number of aryl methyl sites for hydroxylation is 1. The van der Waals surface area contributed by atoms with E-state index in [4.69, 9.17) is 17.3 Å². The van der Waals surface area contributed by atoms with Gasteiger partial charge in [-0.1, -0.05) is 18.5 Å². The van der Waals surface area contributed by atoms with Crippen LogP contribution in [0.3, 0.4) is 0 Å². The van der Waals surface area contributed by atoms with E-state index in [1.165, 1.54) is 6.07 Å². The molecule has 0 spiro atoms. The van der Waals surface area contributed by atoms with Crippen LogP contribution in [-0.2, 0) is 10.0 Å². The van der Waals surface area contributed by atoms with E-state index in [-0.39, 0.29) is 10.9 Å². The fraction of sp³-hybridized carbons (Fsp3) is 0.500. The van der Waals surface area contributed by atoms with Crippen molar-refractivity contribution in [3.8, 4) is 0 Å². The predicted octanol–water partition coefficient (Wildman–Crippen LogP) is 2.31. The highest BCUT2D eigenvalue weighted by Crippen LogP contribution is 2.30. The standard InChI is InChI=1S/C12H17ClN2O2S/c1-7-3-9(4-7)15-18(16,17)10-5-8(2)12(13)11(14)6-10/h5-7,9,15H,3-4,14H2,1-2H3. The van der Waals surface area contributed by atoms with Gasteiger partial charge in [0.2, 0.25) is 10.0 Å². The lowest BCUT2D eigenvalue weighted by molar-refractivity contribution is 0.270. The number of nitrogens with two attached hydrogens (primary N) is 1. The number of halogens is 1. The largest absolute Gasteiger partial charge is 0.397 e. The molecule has 1 fully saturated rings. The number of anilines is 1. The zero-order valence-electron chi connectivity index (χ0n) is 10.4. The molecule has 0 aliphatic heterocycles. The van der Waals surface area contributed by atoms with Crippen molar-refractivity contribution in [3.63, 3.8) is 0 Å².